The van der Waals surface area contributed by atoms with E-state index in [1.807, 2.05) is 7.05 Å². The van der Waals surface area contributed by atoms with Gasteiger partial charge in [0.15, 0.2) is 0 Å². The number of halogens is 2. The lowest BCUT2D eigenvalue weighted by molar-refractivity contribution is 0.123. The Morgan fingerprint density at radius 1 is 1.36 bits per heavy atom. The van der Waals surface area contributed by atoms with E-state index in [4.69, 9.17) is 28.3 Å². The molecule has 1 aliphatic heterocycles. The van der Waals surface area contributed by atoms with Gasteiger partial charge in [-0.25, -0.2) is 4.79 Å². The Kier molecular flexibility index (Phi) is 6.32. The molecule has 1 aliphatic rings. The Morgan fingerprint density at radius 2 is 2.05 bits per heavy atom. The molecule has 122 valence electrons. The first-order chi connectivity index (χ1) is 10.5. The first-order valence-electron chi connectivity index (χ1n) is 7.33. The molecule has 7 heteroatoms. The first kappa shape index (κ1) is 17.3. The van der Waals surface area contributed by atoms with E-state index in [9.17, 15) is 4.79 Å². The van der Waals surface area contributed by atoms with E-state index in [2.05, 4.69) is 10.2 Å². The zero-order valence-electron chi connectivity index (χ0n) is 12.6. The lowest BCUT2D eigenvalue weighted by Crippen LogP contribution is -2.47. The fourth-order valence-electron chi connectivity index (χ4n) is 2.63. The number of anilines is 1. The van der Waals surface area contributed by atoms with Crippen LogP contribution in [-0.4, -0.2) is 60.3 Å². The summed E-state index contributed by atoms with van der Waals surface area (Å²) in [5, 5.41) is 12.7. The van der Waals surface area contributed by atoms with Gasteiger partial charge in [-0.05, 0) is 38.1 Å². The van der Waals surface area contributed by atoms with Crippen molar-refractivity contribution in [2.24, 2.45) is 0 Å². The average molecular weight is 346 g/mol. The quantitative estimate of drug-likeness (QED) is 0.881. The fraction of sp³-hybridized carbons (Fsp3) is 0.533. The van der Waals surface area contributed by atoms with Crippen LogP contribution in [0.4, 0.5) is 10.5 Å². The molecule has 0 spiro atoms. The van der Waals surface area contributed by atoms with Gasteiger partial charge in [0.05, 0.1) is 16.7 Å². The normalized spacial score (nSPS) is 16.1. The van der Waals surface area contributed by atoms with Gasteiger partial charge in [-0.2, -0.15) is 0 Å². The van der Waals surface area contributed by atoms with E-state index in [1.54, 1.807) is 23.1 Å². The molecular weight excluding hydrogens is 325 g/mol. The van der Waals surface area contributed by atoms with Crippen molar-refractivity contribution >= 4 is 34.9 Å². The predicted octanol–water partition coefficient (Wildman–Crippen LogP) is 2.91. The summed E-state index contributed by atoms with van der Waals surface area (Å²) in [4.78, 5) is 16.2. The Morgan fingerprint density at radius 3 is 2.64 bits per heavy atom. The number of carbonyl (C=O) groups is 1. The van der Waals surface area contributed by atoms with Crippen LogP contribution in [0.5, 0.6) is 0 Å². The second kappa shape index (κ2) is 8.02. The van der Waals surface area contributed by atoms with Gasteiger partial charge in [-0.15, -0.1) is 0 Å². The van der Waals surface area contributed by atoms with Crippen molar-refractivity contribution in [1.82, 2.24) is 9.80 Å². The van der Waals surface area contributed by atoms with Crippen molar-refractivity contribution in [3.63, 3.8) is 0 Å². The Balaban J connectivity index is 1.85. The molecule has 1 saturated heterocycles. The van der Waals surface area contributed by atoms with Crippen molar-refractivity contribution in [2.75, 3.05) is 38.6 Å². The number of piperidine rings is 1. The SMILES string of the molecule is CN(CCO)C1CCN(C(=O)Nc2ccc(Cl)c(Cl)c2)CC1. The summed E-state index contributed by atoms with van der Waals surface area (Å²) in [6, 6.07) is 5.33. The van der Waals surface area contributed by atoms with E-state index < -0.39 is 0 Å². The molecule has 0 radical (unpaired) electrons. The number of amides is 2. The summed E-state index contributed by atoms with van der Waals surface area (Å²) in [5.74, 6) is 0. The highest BCUT2D eigenvalue weighted by atomic mass is 35.5. The van der Waals surface area contributed by atoms with Crippen LogP contribution in [0, 0.1) is 0 Å². The van der Waals surface area contributed by atoms with Crippen molar-refractivity contribution in [3.8, 4) is 0 Å². The third kappa shape index (κ3) is 4.49. The number of hydrogen-bond donors (Lipinski definition) is 2. The smallest absolute Gasteiger partial charge is 0.321 e. The Labute approximate surface area is 140 Å². The standard InChI is InChI=1S/C15H21Cl2N3O2/c1-19(8-9-21)12-4-6-20(7-5-12)15(22)18-11-2-3-13(16)14(17)10-11/h2-3,10,12,21H,4-9H2,1H3,(H,18,22). The number of aliphatic hydroxyl groups excluding tert-OH is 1. The average Bonchev–Trinajstić information content (AvgIpc) is 2.51. The van der Waals surface area contributed by atoms with Crippen LogP contribution in [-0.2, 0) is 0 Å². The number of likely N-dealkylation sites (N-methyl/N-ethyl adjacent to an activating group) is 1. The first-order valence-corrected chi connectivity index (χ1v) is 8.09. The van der Waals surface area contributed by atoms with Gasteiger partial charge >= 0.3 is 6.03 Å². The number of carbonyl (C=O) groups excluding carboxylic acids is 1. The summed E-state index contributed by atoms with van der Waals surface area (Å²) in [7, 11) is 2.01. The number of likely N-dealkylation sites (tertiary alicyclic amines) is 1. The zero-order chi connectivity index (χ0) is 16.1. The molecule has 2 N–H and O–H groups in total. The molecule has 0 aliphatic carbocycles. The van der Waals surface area contributed by atoms with E-state index in [-0.39, 0.29) is 12.6 Å². The second-order valence-corrected chi connectivity index (χ2v) is 6.30. The highest BCUT2D eigenvalue weighted by Crippen LogP contribution is 2.25. The largest absolute Gasteiger partial charge is 0.395 e. The molecule has 0 unspecified atom stereocenters. The molecule has 2 rings (SSSR count). The van der Waals surface area contributed by atoms with Crippen molar-refractivity contribution in [2.45, 2.75) is 18.9 Å². The maximum absolute atomic E-state index is 12.3. The number of urea groups is 1. The third-order valence-electron chi connectivity index (χ3n) is 4.00. The van der Waals surface area contributed by atoms with Crippen LogP contribution in [0.2, 0.25) is 10.0 Å². The van der Waals surface area contributed by atoms with Crippen LogP contribution in [0.3, 0.4) is 0 Å². The lowest BCUT2D eigenvalue weighted by Gasteiger charge is -2.36. The maximum Gasteiger partial charge on any atom is 0.321 e. The molecule has 0 saturated carbocycles. The Bertz CT molecular complexity index is 520. The molecule has 22 heavy (non-hydrogen) atoms. The number of nitrogens with one attached hydrogen (secondary N) is 1. The van der Waals surface area contributed by atoms with Gasteiger partial charge in [0.2, 0.25) is 0 Å². The molecule has 1 aromatic rings. The number of rotatable bonds is 4. The van der Waals surface area contributed by atoms with E-state index in [1.165, 1.54) is 0 Å². The van der Waals surface area contributed by atoms with Crippen molar-refractivity contribution in [1.29, 1.82) is 0 Å². The van der Waals surface area contributed by atoms with E-state index in [0.29, 0.717) is 41.4 Å². The topological polar surface area (TPSA) is 55.8 Å². The minimum Gasteiger partial charge on any atom is -0.395 e. The van der Waals surface area contributed by atoms with E-state index >= 15 is 0 Å². The number of benzene rings is 1. The van der Waals surface area contributed by atoms with Gasteiger partial charge in [-0.1, -0.05) is 23.2 Å². The summed E-state index contributed by atoms with van der Waals surface area (Å²) >= 11 is 11.8. The molecule has 0 atom stereocenters. The molecule has 1 fully saturated rings. The highest BCUT2D eigenvalue weighted by Gasteiger charge is 2.25. The van der Waals surface area contributed by atoms with Gasteiger partial charge in [0.1, 0.15) is 0 Å². The summed E-state index contributed by atoms with van der Waals surface area (Å²) in [6.07, 6.45) is 1.82. The minimum absolute atomic E-state index is 0.123. The van der Waals surface area contributed by atoms with Crippen LogP contribution in [0.15, 0.2) is 18.2 Å². The molecule has 1 heterocycles. The van der Waals surface area contributed by atoms with Gasteiger partial charge < -0.3 is 20.2 Å². The predicted molar refractivity (Wildman–Crippen MR) is 89.8 cm³/mol. The number of nitrogens with zero attached hydrogens (tertiary/aromatic N) is 2. The summed E-state index contributed by atoms with van der Waals surface area (Å²) < 4.78 is 0. The molecule has 5 nitrogen and oxygen atoms in total. The lowest BCUT2D eigenvalue weighted by atomic mass is 10.0. The molecule has 2 amide bonds. The van der Waals surface area contributed by atoms with Crippen LogP contribution in [0.1, 0.15) is 12.8 Å². The highest BCUT2D eigenvalue weighted by molar-refractivity contribution is 6.42. The minimum atomic E-state index is -0.123. The maximum atomic E-state index is 12.3. The molecular formula is C15H21Cl2N3O2. The Hall–Kier alpha value is -1.01. The van der Waals surface area contributed by atoms with Crippen molar-refractivity contribution < 1.29 is 9.90 Å². The number of aliphatic hydroxyl groups is 1. The summed E-state index contributed by atoms with van der Waals surface area (Å²) in [5.41, 5.74) is 0.638. The van der Waals surface area contributed by atoms with E-state index in [0.717, 1.165) is 12.8 Å². The third-order valence-corrected chi connectivity index (χ3v) is 4.74. The van der Waals surface area contributed by atoms with Gasteiger partial charge in [0, 0.05) is 31.4 Å². The fourth-order valence-corrected chi connectivity index (χ4v) is 2.92. The van der Waals surface area contributed by atoms with Gasteiger partial charge in [-0.3, -0.25) is 0 Å². The van der Waals surface area contributed by atoms with Gasteiger partial charge in [0.25, 0.3) is 0 Å². The zero-order valence-corrected chi connectivity index (χ0v) is 14.1. The molecule has 1 aromatic carbocycles. The molecule has 0 bridgehead atoms. The van der Waals surface area contributed by atoms with Crippen LogP contribution >= 0.6 is 23.2 Å². The monoisotopic (exact) mass is 345 g/mol. The van der Waals surface area contributed by atoms with Crippen molar-refractivity contribution in [3.05, 3.63) is 28.2 Å². The second-order valence-electron chi connectivity index (χ2n) is 5.48. The molecule has 0 aromatic heterocycles. The van der Waals surface area contributed by atoms with Crippen LogP contribution in [0.25, 0.3) is 0 Å². The summed E-state index contributed by atoms with van der Waals surface area (Å²) in [6.45, 7) is 2.23. The van der Waals surface area contributed by atoms with Crippen LogP contribution < -0.4 is 5.32 Å². The number of hydrogen-bond acceptors (Lipinski definition) is 3.